The van der Waals surface area contributed by atoms with Crippen molar-refractivity contribution in [1.82, 2.24) is 9.97 Å². The first-order chi connectivity index (χ1) is 8.08. The molecule has 5 nitrogen and oxygen atoms in total. The maximum atomic E-state index is 9.84. The van der Waals surface area contributed by atoms with Crippen LogP contribution in [0.2, 0.25) is 0 Å². The fourth-order valence-corrected chi connectivity index (χ4v) is 1.98. The Balaban J connectivity index is 2.17. The molecule has 0 amide bonds. The van der Waals surface area contributed by atoms with Crippen molar-refractivity contribution in [2.45, 2.75) is 19.4 Å². The lowest BCUT2D eigenvalue weighted by molar-refractivity contribution is 0.102. The monoisotopic (exact) mass is 252 g/mol. The van der Waals surface area contributed by atoms with Crippen LogP contribution in [0.1, 0.15) is 19.0 Å². The largest absolute Gasteiger partial charge is 0.391 e. The van der Waals surface area contributed by atoms with Crippen molar-refractivity contribution < 1.29 is 5.11 Å². The van der Waals surface area contributed by atoms with Gasteiger partial charge in [0.2, 0.25) is 5.95 Å². The lowest BCUT2D eigenvalue weighted by Gasteiger charge is -2.34. The number of hydrogen-bond acceptors (Lipinski definition) is 5. The molecule has 92 valence electrons. The number of nitrogens with two attached hydrogens (primary N) is 1. The normalized spacial score (nSPS) is 24.7. The fourth-order valence-electron chi connectivity index (χ4n) is 1.87. The standard InChI is InChI=1S/C11H16N4OS/c1-7-3-5-15(6-9(7)16)11-13-4-2-8(14-11)10(12)17/h2,4,7,9,16H,3,5-6H2,1H3,(H2,12,17). The van der Waals surface area contributed by atoms with Crippen molar-refractivity contribution >= 4 is 23.2 Å². The molecule has 1 aliphatic heterocycles. The molecule has 1 fully saturated rings. The van der Waals surface area contributed by atoms with E-state index in [1.807, 2.05) is 11.8 Å². The lowest BCUT2D eigenvalue weighted by atomic mass is 9.96. The Labute approximate surface area is 106 Å². The summed E-state index contributed by atoms with van der Waals surface area (Å²) in [6.07, 6.45) is 2.24. The number of aliphatic hydroxyl groups excluding tert-OH is 1. The summed E-state index contributed by atoms with van der Waals surface area (Å²) in [6, 6.07) is 1.69. The third-order valence-corrected chi connectivity index (χ3v) is 3.31. The van der Waals surface area contributed by atoms with Crippen LogP contribution in [0, 0.1) is 5.92 Å². The highest BCUT2D eigenvalue weighted by molar-refractivity contribution is 7.80. The smallest absolute Gasteiger partial charge is 0.226 e. The zero-order valence-corrected chi connectivity index (χ0v) is 10.5. The maximum absolute atomic E-state index is 9.84. The molecule has 3 N–H and O–H groups in total. The first-order valence-electron chi connectivity index (χ1n) is 5.64. The molecule has 6 heteroatoms. The Bertz CT molecular complexity index is 426. The number of aromatic nitrogens is 2. The second kappa shape index (κ2) is 4.93. The SMILES string of the molecule is CC1CCN(c2nccc(C(N)=S)n2)CC1O. The lowest BCUT2D eigenvalue weighted by Crippen LogP contribution is -2.43. The van der Waals surface area contributed by atoms with Gasteiger partial charge in [-0.15, -0.1) is 0 Å². The van der Waals surface area contributed by atoms with E-state index in [2.05, 4.69) is 9.97 Å². The van der Waals surface area contributed by atoms with Gasteiger partial charge in [0.1, 0.15) is 10.7 Å². The number of anilines is 1. The Morgan fingerprint density at radius 2 is 2.41 bits per heavy atom. The number of piperidine rings is 1. The summed E-state index contributed by atoms with van der Waals surface area (Å²) in [6.45, 7) is 3.45. The van der Waals surface area contributed by atoms with Gasteiger partial charge in [-0.3, -0.25) is 0 Å². The van der Waals surface area contributed by atoms with Crippen LogP contribution in [-0.2, 0) is 0 Å². The van der Waals surface area contributed by atoms with Crippen LogP contribution in [0.25, 0.3) is 0 Å². The van der Waals surface area contributed by atoms with E-state index in [0.29, 0.717) is 24.1 Å². The van der Waals surface area contributed by atoms with E-state index in [1.165, 1.54) is 0 Å². The topological polar surface area (TPSA) is 75.3 Å². The molecular formula is C11H16N4OS. The molecule has 17 heavy (non-hydrogen) atoms. The van der Waals surface area contributed by atoms with Crippen molar-refractivity contribution in [3.63, 3.8) is 0 Å². The van der Waals surface area contributed by atoms with E-state index in [9.17, 15) is 5.11 Å². The van der Waals surface area contributed by atoms with Crippen molar-refractivity contribution in [2.75, 3.05) is 18.0 Å². The minimum Gasteiger partial charge on any atom is -0.391 e. The summed E-state index contributed by atoms with van der Waals surface area (Å²) < 4.78 is 0. The predicted molar refractivity (Wildman–Crippen MR) is 69.9 cm³/mol. The summed E-state index contributed by atoms with van der Waals surface area (Å²) in [5.41, 5.74) is 6.10. The van der Waals surface area contributed by atoms with Crippen LogP contribution >= 0.6 is 12.2 Å². The molecule has 0 saturated carbocycles. The van der Waals surface area contributed by atoms with Gasteiger partial charge in [0.05, 0.1) is 6.10 Å². The van der Waals surface area contributed by atoms with E-state index in [1.54, 1.807) is 12.3 Å². The average Bonchev–Trinajstić information content (AvgIpc) is 2.33. The zero-order valence-electron chi connectivity index (χ0n) is 9.71. The molecule has 0 bridgehead atoms. The summed E-state index contributed by atoms with van der Waals surface area (Å²) in [4.78, 5) is 10.7. The van der Waals surface area contributed by atoms with Gasteiger partial charge in [-0.25, -0.2) is 9.97 Å². The van der Waals surface area contributed by atoms with Crippen LogP contribution in [-0.4, -0.2) is 39.3 Å². The second-order valence-electron chi connectivity index (χ2n) is 4.39. The summed E-state index contributed by atoms with van der Waals surface area (Å²) in [5.74, 6) is 0.909. The molecule has 0 radical (unpaired) electrons. The van der Waals surface area contributed by atoms with Crippen molar-refractivity contribution in [2.24, 2.45) is 11.7 Å². The van der Waals surface area contributed by atoms with Gasteiger partial charge in [0.25, 0.3) is 0 Å². The van der Waals surface area contributed by atoms with E-state index in [0.717, 1.165) is 13.0 Å². The molecule has 0 aromatic carbocycles. The summed E-state index contributed by atoms with van der Waals surface area (Å²) >= 11 is 4.88. The van der Waals surface area contributed by atoms with E-state index in [4.69, 9.17) is 18.0 Å². The van der Waals surface area contributed by atoms with Crippen molar-refractivity contribution in [1.29, 1.82) is 0 Å². The molecule has 1 saturated heterocycles. The van der Waals surface area contributed by atoms with Gasteiger partial charge in [-0.05, 0) is 18.4 Å². The van der Waals surface area contributed by atoms with Crippen LogP contribution in [0.15, 0.2) is 12.3 Å². The van der Waals surface area contributed by atoms with Crippen molar-refractivity contribution in [3.05, 3.63) is 18.0 Å². The van der Waals surface area contributed by atoms with Crippen LogP contribution < -0.4 is 10.6 Å². The van der Waals surface area contributed by atoms with Gasteiger partial charge in [-0.1, -0.05) is 19.1 Å². The van der Waals surface area contributed by atoms with E-state index in [-0.39, 0.29) is 11.1 Å². The molecule has 2 atom stereocenters. The number of β-amino-alcohol motifs (C(OH)–C–C–N with tert-alkyl or cyclic N) is 1. The Kier molecular flexibility index (Phi) is 3.54. The molecule has 1 aliphatic rings. The predicted octanol–water partition coefficient (Wildman–Crippen LogP) is 0.318. The quantitative estimate of drug-likeness (QED) is 0.738. The number of hydrogen-bond donors (Lipinski definition) is 2. The van der Waals surface area contributed by atoms with E-state index >= 15 is 0 Å². The zero-order chi connectivity index (χ0) is 12.4. The van der Waals surface area contributed by atoms with E-state index < -0.39 is 0 Å². The van der Waals surface area contributed by atoms with Gasteiger partial charge in [0, 0.05) is 19.3 Å². The molecule has 0 aliphatic carbocycles. The Morgan fingerprint density at radius 3 is 3.06 bits per heavy atom. The number of nitrogens with zero attached hydrogens (tertiary/aromatic N) is 3. The Morgan fingerprint density at radius 1 is 1.65 bits per heavy atom. The highest BCUT2D eigenvalue weighted by Crippen LogP contribution is 2.20. The van der Waals surface area contributed by atoms with Gasteiger partial charge < -0.3 is 15.7 Å². The Hall–Kier alpha value is -1.27. The third-order valence-electron chi connectivity index (χ3n) is 3.10. The second-order valence-corrected chi connectivity index (χ2v) is 4.83. The maximum Gasteiger partial charge on any atom is 0.226 e. The average molecular weight is 252 g/mol. The molecule has 1 aromatic heterocycles. The van der Waals surface area contributed by atoms with Crippen LogP contribution in [0.5, 0.6) is 0 Å². The highest BCUT2D eigenvalue weighted by Gasteiger charge is 2.25. The minimum absolute atomic E-state index is 0.263. The van der Waals surface area contributed by atoms with Gasteiger partial charge in [0.15, 0.2) is 0 Å². The minimum atomic E-state index is -0.333. The molecule has 2 rings (SSSR count). The van der Waals surface area contributed by atoms with Gasteiger partial charge in [-0.2, -0.15) is 0 Å². The van der Waals surface area contributed by atoms with Crippen LogP contribution in [0.3, 0.4) is 0 Å². The third kappa shape index (κ3) is 2.70. The fraction of sp³-hybridized carbons (Fsp3) is 0.545. The summed E-state index contributed by atoms with van der Waals surface area (Å²) in [7, 11) is 0. The first kappa shape index (κ1) is 12.2. The molecule has 1 aromatic rings. The first-order valence-corrected chi connectivity index (χ1v) is 6.04. The van der Waals surface area contributed by atoms with Crippen molar-refractivity contribution in [3.8, 4) is 0 Å². The number of rotatable bonds is 2. The molecule has 2 heterocycles. The number of aliphatic hydroxyl groups is 1. The number of thiocarbonyl (C=S) groups is 1. The summed E-state index contributed by atoms with van der Waals surface area (Å²) in [5, 5.41) is 9.84. The molecular weight excluding hydrogens is 236 g/mol. The van der Waals surface area contributed by atoms with Gasteiger partial charge >= 0.3 is 0 Å². The van der Waals surface area contributed by atoms with Crippen LogP contribution in [0.4, 0.5) is 5.95 Å². The molecule has 2 unspecified atom stereocenters. The molecule has 0 spiro atoms. The highest BCUT2D eigenvalue weighted by atomic mass is 32.1.